The molecule has 1 heterocycles. The quantitative estimate of drug-likeness (QED) is 0.768. The number of nitrogen functional groups attached to an aromatic ring is 1. The van der Waals surface area contributed by atoms with E-state index >= 15 is 0 Å². The van der Waals surface area contributed by atoms with Gasteiger partial charge in [0, 0.05) is 19.3 Å². The van der Waals surface area contributed by atoms with E-state index in [4.69, 9.17) is 5.73 Å². The Labute approximate surface area is 109 Å². The summed E-state index contributed by atoms with van der Waals surface area (Å²) in [7, 11) is 0. The lowest BCUT2D eigenvalue weighted by Crippen LogP contribution is -2.35. The Morgan fingerprint density at radius 3 is 2.39 bits per heavy atom. The van der Waals surface area contributed by atoms with Crippen molar-refractivity contribution in [2.24, 2.45) is 0 Å². The number of nitrogens with zero attached hydrogens (tertiary/aromatic N) is 3. The molecule has 0 bridgehead atoms. The van der Waals surface area contributed by atoms with Crippen molar-refractivity contribution in [2.45, 2.75) is 46.1 Å². The van der Waals surface area contributed by atoms with Crippen LogP contribution in [0.15, 0.2) is 12.4 Å². The molecule has 0 aliphatic heterocycles. The van der Waals surface area contributed by atoms with Crippen molar-refractivity contribution < 1.29 is 4.79 Å². The second kappa shape index (κ2) is 7.74. The lowest BCUT2D eigenvalue weighted by atomic mass is 10.2. The van der Waals surface area contributed by atoms with Crippen molar-refractivity contribution in [1.29, 1.82) is 0 Å². The Kier molecular flexibility index (Phi) is 6.25. The van der Waals surface area contributed by atoms with E-state index in [-0.39, 0.29) is 12.5 Å². The van der Waals surface area contributed by atoms with Crippen LogP contribution in [0.1, 0.15) is 39.5 Å². The molecule has 0 atom stereocenters. The number of anilines is 1. The summed E-state index contributed by atoms with van der Waals surface area (Å²) in [5.41, 5.74) is 6.18. The number of rotatable bonds is 8. The number of unbranched alkanes of at least 4 members (excludes halogenated alkanes) is 2. The number of carbonyl (C=O) groups excluding carboxylic acids is 1. The van der Waals surface area contributed by atoms with Gasteiger partial charge in [-0.2, -0.15) is 5.10 Å². The van der Waals surface area contributed by atoms with Crippen LogP contribution in [0.4, 0.5) is 5.69 Å². The summed E-state index contributed by atoms with van der Waals surface area (Å²) in [4.78, 5) is 14.1. The van der Waals surface area contributed by atoms with Crippen LogP contribution >= 0.6 is 0 Å². The fraction of sp³-hybridized carbons (Fsp3) is 0.692. The van der Waals surface area contributed by atoms with Gasteiger partial charge in [0.2, 0.25) is 5.91 Å². The summed E-state index contributed by atoms with van der Waals surface area (Å²) in [5.74, 6) is 0.125. The van der Waals surface area contributed by atoms with E-state index in [1.54, 1.807) is 17.1 Å². The monoisotopic (exact) mass is 252 g/mol. The molecule has 1 amide bonds. The zero-order valence-corrected chi connectivity index (χ0v) is 11.4. The molecular formula is C13H24N4O. The molecule has 0 aliphatic rings. The zero-order valence-electron chi connectivity index (χ0n) is 11.4. The van der Waals surface area contributed by atoms with Gasteiger partial charge >= 0.3 is 0 Å². The third kappa shape index (κ3) is 4.77. The number of hydrogen-bond acceptors (Lipinski definition) is 3. The third-order valence-electron chi connectivity index (χ3n) is 2.87. The molecule has 0 saturated carbocycles. The van der Waals surface area contributed by atoms with Crippen molar-refractivity contribution in [1.82, 2.24) is 14.7 Å². The normalized spacial score (nSPS) is 10.6. The minimum Gasteiger partial charge on any atom is -0.396 e. The first-order valence-corrected chi connectivity index (χ1v) is 6.73. The number of nitrogens with two attached hydrogens (primary N) is 1. The molecule has 2 N–H and O–H groups in total. The van der Waals surface area contributed by atoms with Crippen LogP contribution in [-0.2, 0) is 11.3 Å². The average molecular weight is 252 g/mol. The van der Waals surface area contributed by atoms with Crippen molar-refractivity contribution in [2.75, 3.05) is 18.8 Å². The maximum atomic E-state index is 12.2. The first kappa shape index (κ1) is 14.5. The Morgan fingerprint density at radius 2 is 1.94 bits per heavy atom. The van der Waals surface area contributed by atoms with Gasteiger partial charge in [0.05, 0.1) is 11.9 Å². The van der Waals surface area contributed by atoms with E-state index in [9.17, 15) is 4.79 Å². The second-order valence-corrected chi connectivity index (χ2v) is 4.56. The van der Waals surface area contributed by atoms with Gasteiger partial charge in [-0.15, -0.1) is 0 Å². The maximum absolute atomic E-state index is 12.2. The molecule has 0 aromatic carbocycles. The van der Waals surface area contributed by atoms with Crippen LogP contribution in [0.2, 0.25) is 0 Å². The highest BCUT2D eigenvalue weighted by Gasteiger charge is 2.13. The van der Waals surface area contributed by atoms with E-state index in [0.717, 1.165) is 38.8 Å². The number of amides is 1. The Hall–Kier alpha value is -1.52. The van der Waals surface area contributed by atoms with Gasteiger partial charge in [-0.05, 0) is 12.8 Å². The summed E-state index contributed by atoms with van der Waals surface area (Å²) in [6.45, 7) is 6.23. The number of carbonyl (C=O) groups is 1. The van der Waals surface area contributed by atoms with E-state index < -0.39 is 0 Å². The summed E-state index contributed by atoms with van der Waals surface area (Å²) in [5, 5.41) is 4.04. The van der Waals surface area contributed by atoms with Crippen molar-refractivity contribution in [3.8, 4) is 0 Å². The first-order valence-electron chi connectivity index (χ1n) is 6.73. The molecule has 1 rings (SSSR count). The van der Waals surface area contributed by atoms with Crippen LogP contribution in [0.5, 0.6) is 0 Å². The SMILES string of the molecule is CCCCN(CCCC)C(=O)Cn1cc(N)cn1. The van der Waals surface area contributed by atoms with Crippen LogP contribution in [0.3, 0.4) is 0 Å². The minimum absolute atomic E-state index is 0.125. The molecule has 0 aliphatic carbocycles. The Morgan fingerprint density at radius 1 is 1.33 bits per heavy atom. The molecule has 1 aromatic heterocycles. The van der Waals surface area contributed by atoms with Gasteiger partial charge in [-0.25, -0.2) is 0 Å². The lowest BCUT2D eigenvalue weighted by Gasteiger charge is -2.22. The standard InChI is InChI=1S/C13H24N4O/c1-3-5-7-16(8-6-4-2)13(18)11-17-10-12(14)9-15-17/h9-10H,3-8,11,14H2,1-2H3. The molecule has 18 heavy (non-hydrogen) atoms. The van der Waals surface area contributed by atoms with Crippen LogP contribution in [-0.4, -0.2) is 33.7 Å². The van der Waals surface area contributed by atoms with E-state index in [2.05, 4.69) is 18.9 Å². The molecule has 5 heteroatoms. The van der Waals surface area contributed by atoms with E-state index in [1.165, 1.54) is 0 Å². The molecule has 0 saturated heterocycles. The summed E-state index contributed by atoms with van der Waals surface area (Å²) in [6.07, 6.45) is 7.56. The third-order valence-corrected chi connectivity index (χ3v) is 2.87. The predicted molar refractivity (Wildman–Crippen MR) is 73.0 cm³/mol. The highest BCUT2D eigenvalue weighted by molar-refractivity contribution is 5.75. The number of aromatic nitrogens is 2. The minimum atomic E-state index is 0.125. The molecule has 1 aromatic rings. The fourth-order valence-electron chi connectivity index (χ4n) is 1.76. The highest BCUT2D eigenvalue weighted by Crippen LogP contribution is 2.03. The molecular weight excluding hydrogens is 228 g/mol. The second-order valence-electron chi connectivity index (χ2n) is 4.56. The lowest BCUT2D eigenvalue weighted by molar-refractivity contribution is -0.132. The number of hydrogen-bond donors (Lipinski definition) is 1. The molecule has 0 radical (unpaired) electrons. The van der Waals surface area contributed by atoms with Gasteiger partial charge in [0.15, 0.2) is 0 Å². The predicted octanol–water partition coefficient (Wildman–Crippen LogP) is 1.89. The van der Waals surface area contributed by atoms with Crippen LogP contribution in [0, 0.1) is 0 Å². The van der Waals surface area contributed by atoms with Gasteiger partial charge in [-0.3, -0.25) is 9.48 Å². The van der Waals surface area contributed by atoms with Gasteiger partial charge in [0.1, 0.15) is 6.54 Å². The topological polar surface area (TPSA) is 64.2 Å². The van der Waals surface area contributed by atoms with Crippen molar-refractivity contribution in [3.05, 3.63) is 12.4 Å². The molecule has 102 valence electrons. The molecule has 5 nitrogen and oxygen atoms in total. The van der Waals surface area contributed by atoms with Crippen LogP contribution < -0.4 is 5.73 Å². The summed E-state index contributed by atoms with van der Waals surface area (Å²) in [6, 6.07) is 0. The van der Waals surface area contributed by atoms with Gasteiger partial charge in [-0.1, -0.05) is 26.7 Å². The Balaban J connectivity index is 2.51. The fourth-order valence-corrected chi connectivity index (χ4v) is 1.76. The smallest absolute Gasteiger partial charge is 0.244 e. The average Bonchev–Trinajstić information content (AvgIpc) is 2.75. The van der Waals surface area contributed by atoms with Crippen LogP contribution in [0.25, 0.3) is 0 Å². The largest absolute Gasteiger partial charge is 0.396 e. The maximum Gasteiger partial charge on any atom is 0.244 e. The molecule has 0 fully saturated rings. The molecule has 0 spiro atoms. The highest BCUT2D eigenvalue weighted by atomic mass is 16.2. The summed E-state index contributed by atoms with van der Waals surface area (Å²) >= 11 is 0. The van der Waals surface area contributed by atoms with Crippen molar-refractivity contribution >= 4 is 11.6 Å². The first-order chi connectivity index (χ1) is 8.67. The van der Waals surface area contributed by atoms with Gasteiger partial charge in [0.25, 0.3) is 0 Å². The molecule has 0 unspecified atom stereocenters. The van der Waals surface area contributed by atoms with Gasteiger partial charge < -0.3 is 10.6 Å². The van der Waals surface area contributed by atoms with E-state index in [0.29, 0.717) is 5.69 Å². The zero-order chi connectivity index (χ0) is 13.4. The van der Waals surface area contributed by atoms with E-state index in [1.807, 2.05) is 4.90 Å². The Bertz CT molecular complexity index is 354. The summed E-state index contributed by atoms with van der Waals surface area (Å²) < 4.78 is 1.60. The van der Waals surface area contributed by atoms with Crippen molar-refractivity contribution in [3.63, 3.8) is 0 Å².